The summed E-state index contributed by atoms with van der Waals surface area (Å²) in [5.41, 5.74) is 0. The Hall–Kier alpha value is -0.320. The monoisotopic (exact) mass is 354 g/mol. The van der Waals surface area contributed by atoms with Gasteiger partial charge in [-0.1, -0.05) is 0 Å². The molecule has 0 aliphatic rings. The van der Waals surface area contributed by atoms with E-state index >= 15 is 0 Å². The van der Waals surface area contributed by atoms with Crippen LogP contribution in [0.4, 0.5) is 0 Å². The summed E-state index contributed by atoms with van der Waals surface area (Å²) in [6.07, 6.45) is -0.0266. The summed E-state index contributed by atoms with van der Waals surface area (Å²) >= 11 is 0. The van der Waals surface area contributed by atoms with Crippen LogP contribution >= 0.6 is 0 Å². The van der Waals surface area contributed by atoms with Crippen molar-refractivity contribution in [2.75, 3.05) is 79.3 Å². The maximum atomic E-state index is 8.75. The third-order valence-corrected chi connectivity index (χ3v) is 2.71. The standard InChI is InChI=1S/C16H34O8/c1-15(2)23-11-9-20-10-12-24-16(13-21-6-4-18)14-22-8-7-19-5-3-17/h15-18H,3-14H2,1-2H3. The lowest BCUT2D eigenvalue weighted by atomic mass is 10.4. The van der Waals surface area contributed by atoms with Crippen LogP contribution in [0.15, 0.2) is 0 Å². The average molecular weight is 354 g/mol. The Bertz CT molecular complexity index is 240. The van der Waals surface area contributed by atoms with E-state index in [4.69, 9.17) is 38.6 Å². The molecule has 0 rings (SSSR count). The van der Waals surface area contributed by atoms with Gasteiger partial charge in [-0.3, -0.25) is 0 Å². The Morgan fingerprint density at radius 2 is 1.04 bits per heavy atom. The van der Waals surface area contributed by atoms with Crippen molar-refractivity contribution in [2.24, 2.45) is 0 Å². The van der Waals surface area contributed by atoms with Crippen LogP contribution in [0, 0.1) is 0 Å². The fourth-order valence-corrected chi connectivity index (χ4v) is 1.64. The van der Waals surface area contributed by atoms with Gasteiger partial charge in [0.1, 0.15) is 6.10 Å². The molecular weight excluding hydrogens is 320 g/mol. The molecule has 0 heterocycles. The smallest absolute Gasteiger partial charge is 0.104 e. The summed E-state index contributed by atoms with van der Waals surface area (Å²) in [5.74, 6) is 0. The molecule has 0 amide bonds. The average Bonchev–Trinajstić information content (AvgIpc) is 2.56. The molecular formula is C16H34O8. The third-order valence-electron chi connectivity index (χ3n) is 2.71. The minimum atomic E-state index is -0.232. The lowest BCUT2D eigenvalue weighted by Gasteiger charge is -2.18. The number of ether oxygens (including phenoxy) is 6. The second kappa shape index (κ2) is 19.0. The summed E-state index contributed by atoms with van der Waals surface area (Å²) in [4.78, 5) is 0. The molecule has 0 aromatic carbocycles. The third kappa shape index (κ3) is 18.0. The number of aliphatic hydroxyl groups is 2. The molecule has 8 nitrogen and oxygen atoms in total. The topological polar surface area (TPSA) is 95.8 Å². The first kappa shape index (κ1) is 23.7. The van der Waals surface area contributed by atoms with Gasteiger partial charge in [-0.25, -0.2) is 0 Å². The lowest BCUT2D eigenvalue weighted by Crippen LogP contribution is -2.28. The molecule has 0 spiro atoms. The van der Waals surface area contributed by atoms with E-state index in [1.807, 2.05) is 13.8 Å². The van der Waals surface area contributed by atoms with E-state index in [0.29, 0.717) is 59.5 Å². The molecule has 0 saturated heterocycles. The highest BCUT2D eigenvalue weighted by molar-refractivity contribution is 4.56. The van der Waals surface area contributed by atoms with E-state index in [-0.39, 0.29) is 32.0 Å². The van der Waals surface area contributed by atoms with E-state index < -0.39 is 0 Å². The van der Waals surface area contributed by atoms with Gasteiger partial charge in [-0.2, -0.15) is 0 Å². The molecule has 0 aliphatic heterocycles. The molecule has 0 aromatic heterocycles. The van der Waals surface area contributed by atoms with Crippen LogP contribution in [0.2, 0.25) is 0 Å². The normalized spacial score (nSPS) is 12.9. The van der Waals surface area contributed by atoms with Crippen LogP contribution < -0.4 is 0 Å². The molecule has 24 heavy (non-hydrogen) atoms. The largest absolute Gasteiger partial charge is 0.394 e. The first-order chi connectivity index (χ1) is 11.7. The van der Waals surface area contributed by atoms with Crippen LogP contribution in [-0.2, 0) is 28.4 Å². The Kier molecular flexibility index (Phi) is 18.8. The van der Waals surface area contributed by atoms with Gasteiger partial charge < -0.3 is 38.6 Å². The quantitative estimate of drug-likeness (QED) is 0.309. The van der Waals surface area contributed by atoms with Crippen molar-refractivity contribution in [1.82, 2.24) is 0 Å². The predicted molar refractivity (Wildman–Crippen MR) is 88.3 cm³/mol. The van der Waals surface area contributed by atoms with E-state index in [0.717, 1.165) is 0 Å². The van der Waals surface area contributed by atoms with Crippen molar-refractivity contribution in [2.45, 2.75) is 26.1 Å². The molecule has 0 aliphatic carbocycles. The fourth-order valence-electron chi connectivity index (χ4n) is 1.64. The minimum Gasteiger partial charge on any atom is -0.394 e. The van der Waals surface area contributed by atoms with Gasteiger partial charge in [0.15, 0.2) is 0 Å². The fraction of sp³-hybridized carbons (Fsp3) is 1.00. The summed E-state index contributed by atoms with van der Waals surface area (Å²) in [7, 11) is 0. The second-order valence-electron chi connectivity index (χ2n) is 5.23. The van der Waals surface area contributed by atoms with Crippen LogP contribution in [0.5, 0.6) is 0 Å². The van der Waals surface area contributed by atoms with Crippen molar-refractivity contribution < 1.29 is 38.6 Å². The Morgan fingerprint density at radius 1 is 0.583 bits per heavy atom. The van der Waals surface area contributed by atoms with Crippen LogP contribution in [-0.4, -0.2) is 102 Å². The highest BCUT2D eigenvalue weighted by Gasteiger charge is 2.10. The molecule has 0 saturated carbocycles. The number of rotatable bonds is 19. The SMILES string of the molecule is CC(C)OCCOCCOC(COCCO)COCCOCCO. The predicted octanol–water partition coefficient (Wildman–Crippen LogP) is -0.152. The van der Waals surface area contributed by atoms with E-state index in [2.05, 4.69) is 0 Å². The van der Waals surface area contributed by atoms with Crippen LogP contribution in [0.3, 0.4) is 0 Å². The summed E-state index contributed by atoms with van der Waals surface area (Å²) in [5, 5.41) is 17.3. The zero-order valence-electron chi connectivity index (χ0n) is 15.0. The highest BCUT2D eigenvalue weighted by atomic mass is 16.6. The summed E-state index contributed by atoms with van der Waals surface area (Å²) in [6, 6.07) is 0. The van der Waals surface area contributed by atoms with Crippen molar-refractivity contribution in [3.05, 3.63) is 0 Å². The van der Waals surface area contributed by atoms with Crippen LogP contribution in [0.1, 0.15) is 13.8 Å². The van der Waals surface area contributed by atoms with Crippen molar-refractivity contribution in [1.29, 1.82) is 0 Å². The van der Waals surface area contributed by atoms with E-state index in [1.165, 1.54) is 0 Å². The molecule has 0 fully saturated rings. The number of aliphatic hydroxyl groups excluding tert-OH is 2. The minimum absolute atomic E-state index is 0.00292. The molecule has 0 radical (unpaired) electrons. The molecule has 146 valence electrons. The number of hydrogen-bond donors (Lipinski definition) is 2. The van der Waals surface area contributed by atoms with E-state index in [1.54, 1.807) is 0 Å². The maximum Gasteiger partial charge on any atom is 0.104 e. The van der Waals surface area contributed by atoms with Gasteiger partial charge in [-0.15, -0.1) is 0 Å². The molecule has 1 unspecified atom stereocenters. The van der Waals surface area contributed by atoms with E-state index in [9.17, 15) is 0 Å². The molecule has 2 N–H and O–H groups in total. The van der Waals surface area contributed by atoms with Gasteiger partial charge in [0.25, 0.3) is 0 Å². The van der Waals surface area contributed by atoms with Gasteiger partial charge in [0, 0.05) is 0 Å². The lowest BCUT2D eigenvalue weighted by molar-refractivity contribution is -0.0842. The molecule has 1 atom stereocenters. The van der Waals surface area contributed by atoms with Gasteiger partial charge in [-0.05, 0) is 13.8 Å². The maximum absolute atomic E-state index is 8.75. The zero-order chi connectivity index (χ0) is 17.9. The van der Waals surface area contributed by atoms with Crippen molar-refractivity contribution in [3.63, 3.8) is 0 Å². The van der Waals surface area contributed by atoms with Crippen LogP contribution in [0.25, 0.3) is 0 Å². The summed E-state index contributed by atoms with van der Waals surface area (Å²) < 4.78 is 32.3. The highest BCUT2D eigenvalue weighted by Crippen LogP contribution is 1.97. The number of hydrogen-bond acceptors (Lipinski definition) is 8. The summed E-state index contributed by atoms with van der Waals surface area (Å²) in [6.45, 7) is 8.06. The Balaban J connectivity index is 3.67. The van der Waals surface area contributed by atoms with Crippen molar-refractivity contribution in [3.8, 4) is 0 Å². The molecule has 0 bridgehead atoms. The zero-order valence-corrected chi connectivity index (χ0v) is 15.0. The van der Waals surface area contributed by atoms with Gasteiger partial charge >= 0.3 is 0 Å². The first-order valence-corrected chi connectivity index (χ1v) is 8.46. The second-order valence-corrected chi connectivity index (χ2v) is 5.23. The first-order valence-electron chi connectivity index (χ1n) is 8.46. The molecule has 0 aromatic rings. The van der Waals surface area contributed by atoms with Gasteiger partial charge in [0.05, 0.1) is 85.4 Å². The molecule has 8 heteroatoms. The Morgan fingerprint density at radius 3 is 1.67 bits per heavy atom. The Labute approximate surface area is 144 Å². The van der Waals surface area contributed by atoms with Crippen molar-refractivity contribution >= 4 is 0 Å². The van der Waals surface area contributed by atoms with Gasteiger partial charge in [0.2, 0.25) is 0 Å².